The molecule has 0 aromatic heterocycles. The van der Waals surface area contributed by atoms with Crippen LogP contribution in [-0.4, -0.2) is 36.8 Å². The molecule has 1 atom stereocenters. The summed E-state index contributed by atoms with van der Waals surface area (Å²) in [6.45, 7) is 2.55. The van der Waals surface area contributed by atoms with E-state index in [2.05, 4.69) is 4.90 Å². The zero-order valence-corrected chi connectivity index (χ0v) is 16.3. The predicted molar refractivity (Wildman–Crippen MR) is 108 cm³/mol. The molecule has 0 spiro atoms. The molecule has 0 saturated carbocycles. The maximum atomic E-state index is 11.9. The Hall–Kier alpha value is -1.88. The monoisotopic (exact) mass is 369 g/mol. The Kier molecular flexibility index (Phi) is 7.27. The van der Waals surface area contributed by atoms with Gasteiger partial charge in [-0.3, -0.25) is 4.90 Å². The fraction of sp³-hybridized carbons (Fsp3) is 0.478. The molecule has 4 nitrogen and oxygen atoms in total. The van der Waals surface area contributed by atoms with E-state index in [0.717, 1.165) is 62.4 Å². The molecule has 1 unspecified atom stereocenters. The van der Waals surface area contributed by atoms with E-state index in [0.29, 0.717) is 6.42 Å². The first-order valence-corrected chi connectivity index (χ1v) is 10.0. The smallest absolute Gasteiger partial charge is 0.148 e. The summed E-state index contributed by atoms with van der Waals surface area (Å²) < 4.78 is 11.4. The highest BCUT2D eigenvalue weighted by Crippen LogP contribution is 2.40. The first kappa shape index (κ1) is 19.9. The number of aliphatic hydroxyl groups is 1. The number of piperidine rings is 1. The lowest BCUT2D eigenvalue weighted by molar-refractivity contribution is -0.132. The Morgan fingerprint density at radius 1 is 0.926 bits per heavy atom. The molecule has 146 valence electrons. The molecule has 0 amide bonds. The van der Waals surface area contributed by atoms with Gasteiger partial charge in [0, 0.05) is 32.4 Å². The van der Waals surface area contributed by atoms with Crippen LogP contribution in [0.25, 0.3) is 0 Å². The van der Waals surface area contributed by atoms with E-state index in [1.807, 2.05) is 54.6 Å². The van der Waals surface area contributed by atoms with Gasteiger partial charge in [0.2, 0.25) is 0 Å². The first-order valence-electron chi connectivity index (χ1n) is 10.0. The molecule has 1 N–H and O–H groups in total. The molecule has 2 aromatic carbocycles. The van der Waals surface area contributed by atoms with E-state index in [1.54, 1.807) is 7.11 Å². The summed E-state index contributed by atoms with van der Waals surface area (Å²) in [6.07, 6.45) is 6.00. The number of hydrogen-bond acceptors (Lipinski definition) is 4. The highest BCUT2D eigenvalue weighted by Gasteiger charge is 2.38. The van der Waals surface area contributed by atoms with Crippen LogP contribution in [0.3, 0.4) is 0 Å². The Labute approximate surface area is 162 Å². The van der Waals surface area contributed by atoms with E-state index < -0.39 is 5.72 Å². The fourth-order valence-electron chi connectivity index (χ4n) is 3.85. The zero-order chi connectivity index (χ0) is 19.0. The summed E-state index contributed by atoms with van der Waals surface area (Å²) in [5.74, 6) is 1.51. The van der Waals surface area contributed by atoms with Gasteiger partial charge in [0.05, 0.1) is 0 Å². The van der Waals surface area contributed by atoms with Crippen molar-refractivity contribution in [1.82, 2.24) is 4.90 Å². The Balaban J connectivity index is 1.88. The number of ether oxygens (including phenoxy) is 2. The molecule has 0 radical (unpaired) electrons. The van der Waals surface area contributed by atoms with Crippen molar-refractivity contribution in [2.45, 2.75) is 44.2 Å². The van der Waals surface area contributed by atoms with Gasteiger partial charge in [0.25, 0.3) is 0 Å². The lowest BCUT2D eigenvalue weighted by atomic mass is 9.92. The predicted octanol–water partition coefficient (Wildman–Crippen LogP) is 4.93. The minimum absolute atomic E-state index is 0.672. The molecule has 1 aliphatic heterocycles. The maximum absolute atomic E-state index is 11.9. The Morgan fingerprint density at radius 3 is 2.37 bits per heavy atom. The lowest BCUT2D eigenvalue weighted by Crippen LogP contribution is -2.48. The van der Waals surface area contributed by atoms with Crippen LogP contribution in [0.1, 0.15) is 44.1 Å². The highest BCUT2D eigenvalue weighted by molar-refractivity contribution is 5.41. The number of benzene rings is 2. The number of para-hydroxylation sites is 2. The average molecular weight is 370 g/mol. The van der Waals surface area contributed by atoms with Gasteiger partial charge < -0.3 is 14.6 Å². The van der Waals surface area contributed by atoms with Crippen molar-refractivity contribution in [3.05, 3.63) is 60.2 Å². The van der Waals surface area contributed by atoms with Crippen molar-refractivity contribution in [3.8, 4) is 11.5 Å². The van der Waals surface area contributed by atoms with E-state index >= 15 is 0 Å². The van der Waals surface area contributed by atoms with Crippen LogP contribution < -0.4 is 4.74 Å². The second-order valence-corrected chi connectivity index (χ2v) is 7.23. The number of unbranched alkanes of at least 4 members (excludes halogenated alkanes) is 1. The summed E-state index contributed by atoms with van der Waals surface area (Å²) in [4.78, 5) is 2.23. The summed E-state index contributed by atoms with van der Waals surface area (Å²) in [5, 5.41) is 11.9. The maximum Gasteiger partial charge on any atom is 0.148 e. The number of rotatable bonds is 9. The molecule has 1 fully saturated rings. The van der Waals surface area contributed by atoms with Crippen LogP contribution in [0.4, 0.5) is 0 Å². The van der Waals surface area contributed by atoms with E-state index in [9.17, 15) is 5.11 Å². The van der Waals surface area contributed by atoms with Gasteiger partial charge in [-0.05, 0) is 50.3 Å². The van der Waals surface area contributed by atoms with Crippen LogP contribution in [0, 0.1) is 0 Å². The van der Waals surface area contributed by atoms with Crippen molar-refractivity contribution in [2.24, 2.45) is 0 Å². The van der Waals surface area contributed by atoms with Gasteiger partial charge in [-0.1, -0.05) is 42.8 Å². The standard InChI is InChI=1S/C23H31NO3/c1-26-19-11-8-16-23(25,24-17-9-3-10-18-24)21-14-6-7-15-22(21)27-20-12-4-2-5-13-20/h2,4-7,12-15,25H,3,8-11,16-19H2,1H3. The first-order chi connectivity index (χ1) is 13.2. The molecular weight excluding hydrogens is 338 g/mol. The van der Waals surface area contributed by atoms with Gasteiger partial charge >= 0.3 is 0 Å². The van der Waals surface area contributed by atoms with Gasteiger partial charge in [-0.15, -0.1) is 0 Å². The van der Waals surface area contributed by atoms with Gasteiger partial charge in [-0.25, -0.2) is 0 Å². The molecule has 0 aliphatic carbocycles. The van der Waals surface area contributed by atoms with Crippen LogP contribution in [0.2, 0.25) is 0 Å². The lowest BCUT2D eigenvalue weighted by Gasteiger charge is -2.43. The quantitative estimate of drug-likeness (QED) is 0.637. The molecule has 0 bridgehead atoms. The normalized spacial score (nSPS) is 17.4. The van der Waals surface area contributed by atoms with Gasteiger partial charge in [0.1, 0.15) is 17.2 Å². The van der Waals surface area contributed by atoms with Crippen molar-refractivity contribution < 1.29 is 14.6 Å². The molecule has 4 heteroatoms. The van der Waals surface area contributed by atoms with Crippen molar-refractivity contribution in [2.75, 3.05) is 26.8 Å². The van der Waals surface area contributed by atoms with Crippen molar-refractivity contribution >= 4 is 0 Å². The van der Waals surface area contributed by atoms with Crippen LogP contribution in [-0.2, 0) is 10.5 Å². The highest BCUT2D eigenvalue weighted by atomic mass is 16.5. The molecular formula is C23H31NO3. The van der Waals surface area contributed by atoms with Gasteiger partial charge in [0.15, 0.2) is 0 Å². The van der Waals surface area contributed by atoms with Crippen molar-refractivity contribution in [1.29, 1.82) is 0 Å². The minimum Gasteiger partial charge on any atom is -0.457 e. The summed E-state index contributed by atoms with van der Waals surface area (Å²) in [6, 6.07) is 17.7. The van der Waals surface area contributed by atoms with Crippen LogP contribution >= 0.6 is 0 Å². The Bertz CT molecular complexity index is 685. The summed E-state index contributed by atoms with van der Waals surface area (Å²) >= 11 is 0. The largest absolute Gasteiger partial charge is 0.457 e. The molecule has 2 aromatic rings. The zero-order valence-electron chi connectivity index (χ0n) is 16.3. The number of nitrogens with zero attached hydrogens (tertiary/aromatic N) is 1. The second-order valence-electron chi connectivity index (χ2n) is 7.23. The minimum atomic E-state index is -1.01. The van der Waals surface area contributed by atoms with Gasteiger partial charge in [-0.2, -0.15) is 0 Å². The summed E-state index contributed by atoms with van der Waals surface area (Å²) in [7, 11) is 1.72. The number of likely N-dealkylation sites (tertiary alicyclic amines) is 1. The van der Waals surface area contributed by atoms with Crippen molar-refractivity contribution in [3.63, 3.8) is 0 Å². The number of methoxy groups -OCH3 is 1. The van der Waals surface area contributed by atoms with E-state index in [-0.39, 0.29) is 0 Å². The fourth-order valence-corrected chi connectivity index (χ4v) is 3.85. The summed E-state index contributed by atoms with van der Waals surface area (Å²) in [5.41, 5.74) is -0.160. The third kappa shape index (κ3) is 5.10. The SMILES string of the molecule is COCCCCC(O)(c1ccccc1Oc1ccccc1)N1CCCCC1. The molecule has 1 aliphatic rings. The average Bonchev–Trinajstić information content (AvgIpc) is 2.73. The van der Waals surface area contributed by atoms with Crippen LogP contribution in [0.15, 0.2) is 54.6 Å². The molecule has 27 heavy (non-hydrogen) atoms. The topological polar surface area (TPSA) is 41.9 Å². The Morgan fingerprint density at radius 2 is 1.63 bits per heavy atom. The molecule has 3 rings (SSSR count). The number of hydrogen-bond donors (Lipinski definition) is 1. The van der Waals surface area contributed by atoms with Crippen LogP contribution in [0.5, 0.6) is 11.5 Å². The third-order valence-corrected chi connectivity index (χ3v) is 5.29. The second kappa shape index (κ2) is 9.88. The van der Waals surface area contributed by atoms with E-state index in [4.69, 9.17) is 9.47 Å². The molecule has 1 saturated heterocycles. The molecule has 1 heterocycles. The third-order valence-electron chi connectivity index (χ3n) is 5.29. The van der Waals surface area contributed by atoms with E-state index in [1.165, 1.54) is 6.42 Å².